The smallest absolute Gasteiger partial charge is 0.252 e. The van der Waals surface area contributed by atoms with Gasteiger partial charge in [0.1, 0.15) is 12.4 Å². The first kappa shape index (κ1) is 22.8. The third-order valence-corrected chi connectivity index (χ3v) is 6.09. The minimum atomic E-state index is -0.495. The minimum absolute atomic E-state index is 0.192. The summed E-state index contributed by atoms with van der Waals surface area (Å²) in [5.41, 5.74) is 4.41. The van der Waals surface area contributed by atoms with Gasteiger partial charge in [-0.2, -0.15) is 5.26 Å². The highest BCUT2D eigenvalue weighted by atomic mass is 16.5. The van der Waals surface area contributed by atoms with E-state index >= 15 is 0 Å². The van der Waals surface area contributed by atoms with Crippen molar-refractivity contribution < 1.29 is 14.6 Å². The summed E-state index contributed by atoms with van der Waals surface area (Å²) in [5.74, 6) is 1.02. The van der Waals surface area contributed by atoms with Gasteiger partial charge in [0.2, 0.25) is 0 Å². The monoisotopic (exact) mass is 421 g/mol. The number of ether oxygens (including phenoxy) is 1. The fourth-order valence-corrected chi connectivity index (χ4v) is 4.00. The molecule has 2 aromatic carbocycles. The van der Waals surface area contributed by atoms with Crippen LogP contribution in [-0.4, -0.2) is 48.3 Å². The van der Waals surface area contributed by atoms with Crippen LogP contribution in [0, 0.1) is 31.1 Å². The molecule has 2 atom stereocenters. The van der Waals surface area contributed by atoms with Gasteiger partial charge in [0, 0.05) is 31.6 Å². The van der Waals surface area contributed by atoms with Gasteiger partial charge in [0.25, 0.3) is 5.91 Å². The van der Waals surface area contributed by atoms with Gasteiger partial charge in [-0.25, -0.2) is 0 Å². The van der Waals surface area contributed by atoms with E-state index in [1.807, 2.05) is 6.07 Å². The van der Waals surface area contributed by atoms with Crippen LogP contribution < -0.4 is 10.1 Å². The molecule has 1 heterocycles. The normalized spacial score (nSPS) is 16.1. The lowest BCUT2D eigenvalue weighted by Gasteiger charge is -2.44. The SMILES string of the molecule is Cc1c(OC[C@@H](C)O)ccc(C(C)N2CC(CNC(=O)c3ccccc3C#N)C2)c1C. The summed E-state index contributed by atoms with van der Waals surface area (Å²) in [6.07, 6.45) is -0.495. The molecule has 1 aliphatic rings. The van der Waals surface area contributed by atoms with Gasteiger partial charge in [-0.1, -0.05) is 18.2 Å². The second-order valence-electron chi connectivity index (χ2n) is 8.43. The molecule has 2 N–H and O–H groups in total. The quantitative estimate of drug-likeness (QED) is 0.683. The lowest BCUT2D eigenvalue weighted by Crippen LogP contribution is -2.52. The molecule has 0 aromatic heterocycles. The van der Waals surface area contributed by atoms with Crippen LogP contribution >= 0.6 is 0 Å². The van der Waals surface area contributed by atoms with Crippen molar-refractivity contribution in [1.29, 1.82) is 5.26 Å². The predicted octanol–water partition coefficient (Wildman–Crippen LogP) is 3.36. The molecular weight excluding hydrogens is 390 g/mol. The molecular formula is C25H31N3O3. The van der Waals surface area contributed by atoms with E-state index in [2.05, 4.69) is 43.1 Å². The number of amides is 1. The lowest BCUT2D eigenvalue weighted by molar-refractivity contribution is 0.0569. The molecule has 0 aliphatic carbocycles. The molecule has 1 amide bonds. The zero-order valence-electron chi connectivity index (χ0n) is 18.7. The average molecular weight is 422 g/mol. The van der Waals surface area contributed by atoms with Crippen molar-refractivity contribution in [2.75, 3.05) is 26.2 Å². The van der Waals surface area contributed by atoms with E-state index in [-0.39, 0.29) is 18.6 Å². The molecule has 6 heteroatoms. The Morgan fingerprint density at radius 1 is 1.23 bits per heavy atom. The van der Waals surface area contributed by atoms with E-state index < -0.39 is 6.10 Å². The highest BCUT2D eigenvalue weighted by Gasteiger charge is 2.32. The highest BCUT2D eigenvalue weighted by molar-refractivity contribution is 5.96. The second-order valence-corrected chi connectivity index (χ2v) is 8.43. The third-order valence-electron chi connectivity index (χ3n) is 6.09. The number of likely N-dealkylation sites (tertiary alicyclic amines) is 1. The number of benzene rings is 2. The summed E-state index contributed by atoms with van der Waals surface area (Å²) in [4.78, 5) is 14.8. The maximum Gasteiger partial charge on any atom is 0.252 e. The lowest BCUT2D eigenvalue weighted by atomic mass is 9.91. The molecule has 0 saturated carbocycles. The number of rotatable bonds is 8. The summed E-state index contributed by atoms with van der Waals surface area (Å²) in [6.45, 7) is 10.8. The molecule has 6 nitrogen and oxygen atoms in total. The maximum atomic E-state index is 12.4. The molecule has 1 fully saturated rings. The van der Waals surface area contributed by atoms with Crippen molar-refractivity contribution in [3.8, 4) is 11.8 Å². The first-order valence-electron chi connectivity index (χ1n) is 10.7. The van der Waals surface area contributed by atoms with E-state index in [1.54, 1.807) is 31.2 Å². The van der Waals surface area contributed by atoms with Gasteiger partial charge < -0.3 is 15.2 Å². The third kappa shape index (κ3) is 5.25. The molecule has 0 bridgehead atoms. The van der Waals surface area contributed by atoms with Crippen LogP contribution in [0.2, 0.25) is 0 Å². The number of nitriles is 1. The van der Waals surface area contributed by atoms with Crippen molar-refractivity contribution in [3.63, 3.8) is 0 Å². The minimum Gasteiger partial charge on any atom is -0.491 e. The van der Waals surface area contributed by atoms with E-state index in [9.17, 15) is 9.90 Å². The molecule has 0 radical (unpaired) electrons. The fourth-order valence-electron chi connectivity index (χ4n) is 4.00. The number of hydrogen-bond acceptors (Lipinski definition) is 5. The zero-order valence-corrected chi connectivity index (χ0v) is 18.7. The maximum absolute atomic E-state index is 12.4. The Labute approximate surface area is 184 Å². The Kier molecular flexibility index (Phi) is 7.32. The average Bonchev–Trinajstić information content (AvgIpc) is 2.73. The Bertz CT molecular complexity index is 974. The Morgan fingerprint density at radius 2 is 1.94 bits per heavy atom. The van der Waals surface area contributed by atoms with Gasteiger partial charge in [-0.15, -0.1) is 0 Å². The largest absolute Gasteiger partial charge is 0.491 e. The first-order chi connectivity index (χ1) is 14.8. The molecule has 2 aromatic rings. The number of aliphatic hydroxyl groups is 1. The van der Waals surface area contributed by atoms with Crippen LogP contribution in [0.15, 0.2) is 36.4 Å². The number of aliphatic hydroxyl groups excluding tert-OH is 1. The predicted molar refractivity (Wildman–Crippen MR) is 120 cm³/mol. The molecule has 3 rings (SSSR count). The molecule has 31 heavy (non-hydrogen) atoms. The summed E-state index contributed by atoms with van der Waals surface area (Å²) < 4.78 is 5.72. The zero-order chi connectivity index (χ0) is 22.5. The van der Waals surface area contributed by atoms with Crippen LogP contribution in [-0.2, 0) is 0 Å². The van der Waals surface area contributed by atoms with Gasteiger partial charge >= 0.3 is 0 Å². The number of hydrogen-bond donors (Lipinski definition) is 2. The number of nitrogens with zero attached hydrogens (tertiary/aromatic N) is 2. The van der Waals surface area contributed by atoms with E-state index in [4.69, 9.17) is 10.00 Å². The molecule has 164 valence electrons. The summed E-state index contributed by atoms with van der Waals surface area (Å²) >= 11 is 0. The van der Waals surface area contributed by atoms with Crippen molar-refractivity contribution >= 4 is 5.91 Å². The number of carbonyl (C=O) groups excluding carboxylic acids is 1. The van der Waals surface area contributed by atoms with Crippen LogP contribution in [0.5, 0.6) is 5.75 Å². The number of carbonyl (C=O) groups is 1. The van der Waals surface area contributed by atoms with Crippen LogP contribution in [0.25, 0.3) is 0 Å². The second kappa shape index (κ2) is 9.95. The Morgan fingerprint density at radius 3 is 2.61 bits per heavy atom. The van der Waals surface area contributed by atoms with Crippen molar-refractivity contribution in [2.24, 2.45) is 5.92 Å². The van der Waals surface area contributed by atoms with Gasteiger partial charge in [0.05, 0.1) is 23.3 Å². The van der Waals surface area contributed by atoms with E-state index in [0.717, 1.165) is 24.4 Å². The topological polar surface area (TPSA) is 85.6 Å². The molecule has 1 saturated heterocycles. The Balaban J connectivity index is 1.53. The van der Waals surface area contributed by atoms with Crippen LogP contribution in [0.4, 0.5) is 0 Å². The Hall–Kier alpha value is -2.88. The standard InChI is InChI=1S/C25H31N3O3/c1-16(29)15-31-24-10-9-22(17(2)18(24)3)19(4)28-13-20(14-28)12-27-25(30)23-8-6-5-7-21(23)11-26/h5-10,16,19-20,29H,12-15H2,1-4H3,(H,27,30)/t16-,19?/m1/s1. The van der Waals surface area contributed by atoms with Crippen molar-refractivity contribution in [3.05, 3.63) is 64.2 Å². The van der Waals surface area contributed by atoms with Gasteiger partial charge in [0.15, 0.2) is 0 Å². The summed E-state index contributed by atoms with van der Waals surface area (Å²) in [7, 11) is 0. The van der Waals surface area contributed by atoms with Crippen molar-refractivity contribution in [1.82, 2.24) is 10.2 Å². The molecule has 1 aliphatic heterocycles. The van der Waals surface area contributed by atoms with Crippen LogP contribution in [0.3, 0.4) is 0 Å². The summed E-state index contributed by atoms with van der Waals surface area (Å²) in [6, 6.07) is 13.3. The summed E-state index contributed by atoms with van der Waals surface area (Å²) in [5, 5.41) is 21.6. The van der Waals surface area contributed by atoms with E-state index in [0.29, 0.717) is 23.6 Å². The van der Waals surface area contributed by atoms with Crippen LogP contribution in [0.1, 0.15) is 52.5 Å². The highest BCUT2D eigenvalue weighted by Crippen LogP contribution is 2.34. The van der Waals surface area contributed by atoms with E-state index in [1.165, 1.54) is 11.1 Å². The molecule has 1 unspecified atom stereocenters. The first-order valence-corrected chi connectivity index (χ1v) is 10.7. The van der Waals surface area contributed by atoms with Crippen molar-refractivity contribution in [2.45, 2.75) is 39.8 Å². The fraction of sp³-hybridized carbons (Fsp3) is 0.440. The van der Waals surface area contributed by atoms with Gasteiger partial charge in [-0.3, -0.25) is 9.69 Å². The number of nitrogens with one attached hydrogen (secondary N) is 1. The van der Waals surface area contributed by atoms with Gasteiger partial charge in [-0.05, 0) is 62.6 Å². The molecule has 0 spiro atoms.